The summed E-state index contributed by atoms with van der Waals surface area (Å²) < 4.78 is 2.17. The summed E-state index contributed by atoms with van der Waals surface area (Å²) in [6.07, 6.45) is 9.55. The van der Waals surface area contributed by atoms with Gasteiger partial charge in [0.05, 0.1) is 17.8 Å². The summed E-state index contributed by atoms with van der Waals surface area (Å²) in [5, 5.41) is 14.2. The van der Waals surface area contributed by atoms with E-state index in [4.69, 9.17) is 5.10 Å². The van der Waals surface area contributed by atoms with Gasteiger partial charge >= 0.3 is 0 Å². The summed E-state index contributed by atoms with van der Waals surface area (Å²) in [5.74, 6) is 0. The van der Waals surface area contributed by atoms with Gasteiger partial charge in [-0.3, -0.25) is 9.58 Å². The van der Waals surface area contributed by atoms with Crippen molar-refractivity contribution in [2.24, 2.45) is 0 Å². The number of hydrogen-bond donors (Lipinski definition) is 1. The van der Waals surface area contributed by atoms with E-state index in [1.807, 2.05) is 0 Å². The molecule has 1 aliphatic carbocycles. The molecule has 1 aliphatic heterocycles. The molecular formula is C14H23N3O. The lowest BCUT2D eigenvalue weighted by Gasteiger charge is -2.22. The molecular weight excluding hydrogens is 226 g/mol. The number of aliphatic hydroxyl groups is 1. The maximum absolute atomic E-state index is 9.52. The predicted molar refractivity (Wildman–Crippen MR) is 70.2 cm³/mol. The highest BCUT2D eigenvalue weighted by atomic mass is 16.3. The Morgan fingerprint density at radius 3 is 2.78 bits per heavy atom. The van der Waals surface area contributed by atoms with E-state index in [1.54, 1.807) is 0 Å². The monoisotopic (exact) mass is 249 g/mol. The average Bonchev–Trinajstić information content (AvgIpc) is 3.01. The first-order valence-electron chi connectivity index (χ1n) is 7.26. The molecule has 0 radical (unpaired) electrons. The standard InChI is InChI=1S/C14H23N3O/c18-14-7-8-16(11-14)10-12-6-9-17(15-12)13-4-2-1-3-5-13/h6,9,13-14,18H,1-5,7-8,10-11H2. The summed E-state index contributed by atoms with van der Waals surface area (Å²) >= 11 is 0. The molecule has 4 nitrogen and oxygen atoms in total. The number of aromatic nitrogens is 2. The van der Waals surface area contributed by atoms with Crippen molar-refractivity contribution in [2.45, 2.75) is 57.2 Å². The first-order valence-corrected chi connectivity index (χ1v) is 7.26. The van der Waals surface area contributed by atoms with E-state index >= 15 is 0 Å². The number of β-amino-alcohol motifs (C(OH)–C–C–N with tert-alkyl or cyclic N) is 1. The van der Waals surface area contributed by atoms with Gasteiger partial charge in [-0.1, -0.05) is 19.3 Å². The van der Waals surface area contributed by atoms with Gasteiger partial charge in [-0.25, -0.2) is 0 Å². The van der Waals surface area contributed by atoms with Gasteiger partial charge in [0.15, 0.2) is 0 Å². The van der Waals surface area contributed by atoms with E-state index in [0.717, 1.165) is 31.7 Å². The third kappa shape index (κ3) is 2.75. The molecule has 2 fully saturated rings. The van der Waals surface area contributed by atoms with Crippen LogP contribution in [0, 0.1) is 0 Å². The number of hydrogen-bond acceptors (Lipinski definition) is 3. The van der Waals surface area contributed by atoms with Crippen LogP contribution in [-0.2, 0) is 6.54 Å². The summed E-state index contributed by atoms with van der Waals surface area (Å²) in [5.41, 5.74) is 1.15. The Labute approximate surface area is 109 Å². The highest BCUT2D eigenvalue weighted by Gasteiger charge is 2.21. The summed E-state index contributed by atoms with van der Waals surface area (Å²) in [6, 6.07) is 2.76. The van der Waals surface area contributed by atoms with Crippen molar-refractivity contribution in [3.63, 3.8) is 0 Å². The summed E-state index contributed by atoms with van der Waals surface area (Å²) in [4.78, 5) is 2.29. The summed E-state index contributed by atoms with van der Waals surface area (Å²) in [6.45, 7) is 2.69. The fraction of sp³-hybridized carbons (Fsp3) is 0.786. The normalized spacial score (nSPS) is 26.8. The van der Waals surface area contributed by atoms with Crippen LogP contribution in [-0.4, -0.2) is 39.0 Å². The van der Waals surface area contributed by atoms with Crippen molar-refractivity contribution < 1.29 is 5.11 Å². The van der Waals surface area contributed by atoms with Gasteiger partial charge in [-0.2, -0.15) is 5.10 Å². The van der Waals surface area contributed by atoms with Crippen molar-refractivity contribution in [1.29, 1.82) is 0 Å². The largest absolute Gasteiger partial charge is 0.392 e. The van der Waals surface area contributed by atoms with Crippen molar-refractivity contribution in [3.8, 4) is 0 Å². The first kappa shape index (κ1) is 12.2. The first-order chi connectivity index (χ1) is 8.81. The maximum atomic E-state index is 9.52. The molecule has 0 spiro atoms. The number of likely N-dealkylation sites (tertiary alicyclic amines) is 1. The fourth-order valence-corrected chi connectivity index (χ4v) is 3.20. The third-order valence-corrected chi connectivity index (χ3v) is 4.25. The zero-order chi connectivity index (χ0) is 12.4. The molecule has 0 amide bonds. The lowest BCUT2D eigenvalue weighted by Crippen LogP contribution is -2.22. The van der Waals surface area contributed by atoms with Gasteiger partial charge in [-0.05, 0) is 25.3 Å². The molecule has 2 aliphatic rings. The molecule has 1 N–H and O–H groups in total. The molecule has 100 valence electrons. The predicted octanol–water partition coefficient (Wildman–Crippen LogP) is 1.95. The fourth-order valence-electron chi connectivity index (χ4n) is 3.20. The Morgan fingerprint density at radius 2 is 2.06 bits per heavy atom. The second-order valence-corrected chi connectivity index (χ2v) is 5.76. The minimum absolute atomic E-state index is 0.134. The Morgan fingerprint density at radius 1 is 1.22 bits per heavy atom. The van der Waals surface area contributed by atoms with E-state index in [9.17, 15) is 5.11 Å². The van der Waals surface area contributed by atoms with Gasteiger partial charge in [0, 0.05) is 25.8 Å². The zero-order valence-corrected chi connectivity index (χ0v) is 11.0. The Hall–Kier alpha value is -0.870. The molecule has 0 bridgehead atoms. The smallest absolute Gasteiger partial charge is 0.0764 e. The molecule has 1 atom stereocenters. The average molecular weight is 249 g/mol. The van der Waals surface area contributed by atoms with Crippen molar-refractivity contribution in [3.05, 3.63) is 18.0 Å². The van der Waals surface area contributed by atoms with Crippen LogP contribution < -0.4 is 0 Å². The van der Waals surface area contributed by atoms with E-state index in [-0.39, 0.29) is 6.10 Å². The Kier molecular flexibility index (Phi) is 3.66. The van der Waals surface area contributed by atoms with Crippen LogP contribution in [0.2, 0.25) is 0 Å². The van der Waals surface area contributed by atoms with Gasteiger partial charge in [0.25, 0.3) is 0 Å². The Balaban J connectivity index is 1.59. The Bertz CT molecular complexity index is 384. The quantitative estimate of drug-likeness (QED) is 0.890. The second kappa shape index (κ2) is 5.41. The molecule has 1 saturated carbocycles. The van der Waals surface area contributed by atoms with Crippen LogP contribution in [0.1, 0.15) is 50.3 Å². The second-order valence-electron chi connectivity index (χ2n) is 5.76. The van der Waals surface area contributed by atoms with Crippen molar-refractivity contribution >= 4 is 0 Å². The highest BCUT2D eigenvalue weighted by molar-refractivity contribution is 5.00. The van der Waals surface area contributed by atoms with Crippen LogP contribution in [0.25, 0.3) is 0 Å². The van der Waals surface area contributed by atoms with Crippen LogP contribution in [0.4, 0.5) is 0 Å². The molecule has 3 rings (SSSR count). The van der Waals surface area contributed by atoms with Crippen molar-refractivity contribution in [1.82, 2.24) is 14.7 Å². The van der Waals surface area contributed by atoms with Gasteiger partial charge in [-0.15, -0.1) is 0 Å². The SMILES string of the molecule is OC1CCN(Cc2ccn(C3CCCCC3)n2)C1. The lowest BCUT2D eigenvalue weighted by atomic mass is 9.96. The minimum atomic E-state index is -0.134. The van der Waals surface area contributed by atoms with Crippen LogP contribution in [0.3, 0.4) is 0 Å². The van der Waals surface area contributed by atoms with Crippen LogP contribution >= 0.6 is 0 Å². The molecule has 2 heterocycles. The highest BCUT2D eigenvalue weighted by Crippen LogP contribution is 2.27. The summed E-state index contributed by atoms with van der Waals surface area (Å²) in [7, 11) is 0. The number of rotatable bonds is 3. The van der Waals surface area contributed by atoms with E-state index in [2.05, 4.69) is 21.8 Å². The van der Waals surface area contributed by atoms with Gasteiger partial charge in [0.2, 0.25) is 0 Å². The lowest BCUT2D eigenvalue weighted by molar-refractivity contribution is 0.174. The van der Waals surface area contributed by atoms with Crippen molar-refractivity contribution in [2.75, 3.05) is 13.1 Å². The molecule has 0 aromatic carbocycles. The topological polar surface area (TPSA) is 41.3 Å². The number of aliphatic hydroxyl groups excluding tert-OH is 1. The van der Waals surface area contributed by atoms with Crippen LogP contribution in [0.15, 0.2) is 12.3 Å². The molecule has 4 heteroatoms. The molecule has 1 saturated heterocycles. The molecule has 1 aromatic heterocycles. The minimum Gasteiger partial charge on any atom is -0.392 e. The molecule has 18 heavy (non-hydrogen) atoms. The molecule has 1 unspecified atom stereocenters. The van der Waals surface area contributed by atoms with E-state index in [1.165, 1.54) is 32.1 Å². The number of nitrogens with zero attached hydrogens (tertiary/aromatic N) is 3. The zero-order valence-electron chi connectivity index (χ0n) is 11.0. The van der Waals surface area contributed by atoms with Crippen LogP contribution in [0.5, 0.6) is 0 Å². The van der Waals surface area contributed by atoms with Gasteiger partial charge in [0.1, 0.15) is 0 Å². The third-order valence-electron chi connectivity index (χ3n) is 4.25. The van der Waals surface area contributed by atoms with E-state index < -0.39 is 0 Å². The molecule has 1 aromatic rings. The van der Waals surface area contributed by atoms with E-state index in [0.29, 0.717) is 6.04 Å². The van der Waals surface area contributed by atoms with Gasteiger partial charge < -0.3 is 5.11 Å². The maximum Gasteiger partial charge on any atom is 0.0764 e.